The maximum Gasteiger partial charge on any atom is 0.335 e. The van der Waals surface area contributed by atoms with Gasteiger partial charge >= 0.3 is 5.69 Å². The van der Waals surface area contributed by atoms with E-state index in [2.05, 4.69) is 4.98 Å². The monoisotopic (exact) mass is 337 g/mol. The second-order valence-electron chi connectivity index (χ2n) is 7.49. The second kappa shape index (κ2) is 6.67. The van der Waals surface area contributed by atoms with E-state index in [4.69, 9.17) is 0 Å². The van der Waals surface area contributed by atoms with Crippen LogP contribution in [-0.2, 0) is 13.0 Å². The Morgan fingerprint density at radius 3 is 2.32 bits per heavy atom. The SMILES string of the molecule is CC(C)(C)CC(=O)n1c(=O)n(CCc2ccncc2)c2ccccc21. The first-order chi connectivity index (χ1) is 11.9. The molecule has 0 bridgehead atoms. The topological polar surface area (TPSA) is 56.9 Å². The number of rotatable bonds is 4. The lowest BCUT2D eigenvalue weighted by Gasteiger charge is -2.16. The third-order valence-corrected chi connectivity index (χ3v) is 4.14. The van der Waals surface area contributed by atoms with Crippen LogP contribution in [0.2, 0.25) is 0 Å². The van der Waals surface area contributed by atoms with Gasteiger partial charge < -0.3 is 0 Å². The van der Waals surface area contributed by atoms with E-state index in [0.717, 1.165) is 11.1 Å². The zero-order chi connectivity index (χ0) is 18.0. The number of fused-ring (bicyclic) bond motifs is 1. The van der Waals surface area contributed by atoms with Gasteiger partial charge in [0.25, 0.3) is 0 Å². The van der Waals surface area contributed by atoms with Crippen LogP contribution in [-0.4, -0.2) is 20.0 Å². The van der Waals surface area contributed by atoms with Gasteiger partial charge in [0.1, 0.15) is 0 Å². The normalized spacial score (nSPS) is 11.8. The zero-order valence-electron chi connectivity index (χ0n) is 14.9. The van der Waals surface area contributed by atoms with Crippen molar-refractivity contribution >= 4 is 16.9 Å². The van der Waals surface area contributed by atoms with Gasteiger partial charge in [-0.05, 0) is 41.7 Å². The van der Waals surface area contributed by atoms with Gasteiger partial charge in [-0.2, -0.15) is 0 Å². The Labute approximate surface area is 146 Å². The van der Waals surface area contributed by atoms with Crippen molar-refractivity contribution in [1.29, 1.82) is 0 Å². The van der Waals surface area contributed by atoms with Crippen LogP contribution >= 0.6 is 0 Å². The van der Waals surface area contributed by atoms with Gasteiger partial charge in [-0.3, -0.25) is 14.3 Å². The summed E-state index contributed by atoms with van der Waals surface area (Å²) in [4.78, 5) is 29.7. The molecule has 0 amide bonds. The molecule has 5 nitrogen and oxygen atoms in total. The lowest BCUT2D eigenvalue weighted by Crippen LogP contribution is -2.31. The summed E-state index contributed by atoms with van der Waals surface area (Å²) in [5.41, 5.74) is 2.15. The van der Waals surface area contributed by atoms with E-state index < -0.39 is 0 Å². The lowest BCUT2D eigenvalue weighted by atomic mass is 9.92. The number of carbonyl (C=O) groups excluding carboxylic acids is 1. The van der Waals surface area contributed by atoms with Gasteiger partial charge in [-0.25, -0.2) is 9.36 Å². The molecular formula is C20H23N3O2. The van der Waals surface area contributed by atoms with Crippen molar-refractivity contribution in [3.8, 4) is 0 Å². The molecule has 0 saturated carbocycles. The minimum atomic E-state index is -0.260. The van der Waals surface area contributed by atoms with E-state index in [9.17, 15) is 9.59 Å². The molecule has 1 aromatic carbocycles. The number of carbonyl (C=O) groups is 1. The molecule has 0 unspecified atom stereocenters. The molecule has 0 aliphatic carbocycles. The number of aromatic nitrogens is 3. The summed E-state index contributed by atoms with van der Waals surface area (Å²) >= 11 is 0. The highest BCUT2D eigenvalue weighted by molar-refractivity contribution is 5.90. The standard InChI is InChI=1S/C20H23N3O2/c1-20(2,3)14-18(24)23-17-7-5-4-6-16(17)22(19(23)25)13-10-15-8-11-21-12-9-15/h4-9,11-12H,10,13-14H2,1-3H3. The molecule has 2 aromatic heterocycles. The van der Waals surface area contributed by atoms with Crippen molar-refractivity contribution in [2.75, 3.05) is 0 Å². The molecule has 0 fully saturated rings. The molecule has 130 valence electrons. The number of aryl methyl sites for hydroxylation is 2. The smallest absolute Gasteiger partial charge is 0.291 e. The lowest BCUT2D eigenvalue weighted by molar-refractivity contribution is 0.0856. The molecule has 0 spiro atoms. The van der Waals surface area contributed by atoms with Crippen molar-refractivity contribution in [1.82, 2.24) is 14.1 Å². The van der Waals surface area contributed by atoms with Gasteiger partial charge in [-0.1, -0.05) is 32.9 Å². The van der Waals surface area contributed by atoms with Gasteiger partial charge in [0.2, 0.25) is 5.91 Å². The number of para-hydroxylation sites is 2. The minimum absolute atomic E-state index is 0.156. The fourth-order valence-corrected chi connectivity index (χ4v) is 2.99. The fraction of sp³-hybridized carbons (Fsp3) is 0.350. The average molecular weight is 337 g/mol. The van der Waals surface area contributed by atoms with E-state index in [-0.39, 0.29) is 17.0 Å². The first kappa shape index (κ1) is 17.1. The number of pyridine rings is 1. The Balaban J connectivity index is 2.00. The Kier molecular flexibility index (Phi) is 4.57. The van der Waals surface area contributed by atoms with Crippen LogP contribution < -0.4 is 5.69 Å². The number of nitrogens with zero attached hydrogens (tertiary/aromatic N) is 3. The Morgan fingerprint density at radius 1 is 1.04 bits per heavy atom. The Morgan fingerprint density at radius 2 is 1.68 bits per heavy atom. The van der Waals surface area contributed by atoms with Gasteiger partial charge in [0.05, 0.1) is 11.0 Å². The van der Waals surface area contributed by atoms with Crippen LogP contribution in [0.25, 0.3) is 11.0 Å². The average Bonchev–Trinajstić information content (AvgIpc) is 2.84. The van der Waals surface area contributed by atoms with E-state index >= 15 is 0 Å². The molecular weight excluding hydrogens is 314 g/mol. The quantitative estimate of drug-likeness (QED) is 0.732. The first-order valence-electron chi connectivity index (χ1n) is 8.49. The maximum absolute atomic E-state index is 12.9. The van der Waals surface area contributed by atoms with Crippen molar-refractivity contribution < 1.29 is 4.79 Å². The summed E-state index contributed by atoms with van der Waals surface area (Å²) in [5, 5.41) is 0. The molecule has 0 N–H and O–H groups in total. The Bertz CT molecular complexity index is 946. The molecule has 0 atom stereocenters. The van der Waals surface area contributed by atoms with Crippen LogP contribution in [0.4, 0.5) is 0 Å². The molecule has 3 rings (SSSR count). The third-order valence-electron chi connectivity index (χ3n) is 4.14. The van der Waals surface area contributed by atoms with E-state index in [0.29, 0.717) is 24.9 Å². The molecule has 0 aliphatic heterocycles. The highest BCUT2D eigenvalue weighted by Crippen LogP contribution is 2.21. The molecule has 0 radical (unpaired) electrons. The van der Waals surface area contributed by atoms with Crippen LogP contribution in [0.3, 0.4) is 0 Å². The summed E-state index contributed by atoms with van der Waals surface area (Å²) < 4.78 is 3.02. The molecule has 2 heterocycles. The molecule has 25 heavy (non-hydrogen) atoms. The zero-order valence-corrected chi connectivity index (χ0v) is 14.9. The highest BCUT2D eigenvalue weighted by atomic mass is 16.2. The minimum Gasteiger partial charge on any atom is -0.291 e. The predicted octanol–water partition coefficient (Wildman–Crippen LogP) is 3.52. The fourth-order valence-electron chi connectivity index (χ4n) is 2.99. The van der Waals surface area contributed by atoms with E-state index in [1.807, 2.05) is 57.2 Å². The summed E-state index contributed by atoms with van der Waals surface area (Å²) in [6.45, 7) is 6.52. The summed E-state index contributed by atoms with van der Waals surface area (Å²) in [6, 6.07) is 11.4. The summed E-state index contributed by atoms with van der Waals surface area (Å²) in [5.74, 6) is -0.156. The predicted molar refractivity (Wildman–Crippen MR) is 98.8 cm³/mol. The molecule has 0 aliphatic rings. The number of imidazole rings is 1. The van der Waals surface area contributed by atoms with Crippen LogP contribution in [0.1, 0.15) is 37.6 Å². The molecule has 3 aromatic rings. The third kappa shape index (κ3) is 3.71. The molecule has 0 saturated heterocycles. The van der Waals surface area contributed by atoms with Crippen molar-refractivity contribution in [2.24, 2.45) is 5.41 Å². The molecule has 5 heteroatoms. The van der Waals surface area contributed by atoms with Crippen molar-refractivity contribution in [2.45, 2.75) is 40.2 Å². The van der Waals surface area contributed by atoms with Crippen LogP contribution in [0, 0.1) is 5.41 Å². The number of benzene rings is 1. The summed E-state index contributed by atoms with van der Waals surface area (Å²) in [6.07, 6.45) is 4.53. The van der Waals surface area contributed by atoms with Gasteiger partial charge in [0.15, 0.2) is 0 Å². The van der Waals surface area contributed by atoms with Crippen molar-refractivity contribution in [3.05, 3.63) is 64.8 Å². The van der Waals surface area contributed by atoms with Gasteiger partial charge in [0, 0.05) is 25.4 Å². The largest absolute Gasteiger partial charge is 0.335 e. The van der Waals surface area contributed by atoms with Crippen LogP contribution in [0.5, 0.6) is 0 Å². The first-order valence-corrected chi connectivity index (χ1v) is 8.49. The van der Waals surface area contributed by atoms with Crippen LogP contribution in [0.15, 0.2) is 53.6 Å². The van der Waals surface area contributed by atoms with Crippen molar-refractivity contribution in [3.63, 3.8) is 0 Å². The summed E-state index contributed by atoms with van der Waals surface area (Å²) in [7, 11) is 0. The van der Waals surface area contributed by atoms with Gasteiger partial charge in [-0.15, -0.1) is 0 Å². The highest BCUT2D eigenvalue weighted by Gasteiger charge is 2.22. The van der Waals surface area contributed by atoms with E-state index in [1.54, 1.807) is 17.0 Å². The second-order valence-corrected chi connectivity index (χ2v) is 7.49. The maximum atomic E-state index is 12.9. The number of hydrogen-bond donors (Lipinski definition) is 0. The Hall–Kier alpha value is -2.69. The number of hydrogen-bond acceptors (Lipinski definition) is 3. The van der Waals surface area contributed by atoms with E-state index in [1.165, 1.54) is 4.57 Å².